The third-order valence-electron chi connectivity index (χ3n) is 3.94. The van der Waals surface area contributed by atoms with Crippen LogP contribution in [0, 0.1) is 13.8 Å². The third kappa shape index (κ3) is 2.20. The Hall–Kier alpha value is -1.57. The molecular weight excluding hydrogens is 222 g/mol. The molecule has 1 heterocycles. The minimum Gasteiger partial charge on any atom is -0.363 e. The molecule has 1 aromatic carbocycles. The molecule has 0 saturated heterocycles. The number of Topliss-reactive ketones (excluding diaryl/α,β-unsaturated/α-hetero) is 1. The van der Waals surface area contributed by atoms with Gasteiger partial charge in [-0.15, -0.1) is 0 Å². The van der Waals surface area contributed by atoms with E-state index in [2.05, 4.69) is 37.5 Å². The number of rotatable bonds is 3. The second-order valence-electron chi connectivity index (χ2n) is 5.10. The quantitative estimate of drug-likeness (QED) is 0.812. The molecular formula is C16H21NO. The number of fused-ring (bicyclic) bond motifs is 1. The first-order valence-corrected chi connectivity index (χ1v) is 6.56. The lowest BCUT2D eigenvalue weighted by molar-refractivity contribution is -0.123. The zero-order valence-electron chi connectivity index (χ0n) is 11.5. The Kier molecular flexibility index (Phi) is 3.55. The number of ketones is 1. The van der Waals surface area contributed by atoms with Crippen LogP contribution in [0.2, 0.25) is 0 Å². The summed E-state index contributed by atoms with van der Waals surface area (Å²) in [6.45, 7) is 10.8. The fourth-order valence-corrected chi connectivity index (χ4v) is 2.63. The van der Waals surface area contributed by atoms with Gasteiger partial charge in [-0.25, -0.2) is 0 Å². The van der Waals surface area contributed by atoms with Crippen LogP contribution in [-0.4, -0.2) is 16.7 Å². The minimum atomic E-state index is -0.0258. The Morgan fingerprint density at radius 2 is 2.00 bits per heavy atom. The first kappa shape index (κ1) is 12.9. The molecule has 1 atom stereocenters. The van der Waals surface area contributed by atoms with Gasteiger partial charge in [0.2, 0.25) is 0 Å². The van der Waals surface area contributed by atoms with Crippen molar-refractivity contribution in [2.24, 2.45) is 0 Å². The molecule has 1 aliphatic heterocycles. The van der Waals surface area contributed by atoms with Gasteiger partial charge in [-0.2, -0.15) is 0 Å². The van der Waals surface area contributed by atoms with Crippen molar-refractivity contribution in [2.75, 3.05) is 0 Å². The van der Waals surface area contributed by atoms with Crippen molar-refractivity contribution in [3.8, 4) is 0 Å². The molecule has 0 saturated carbocycles. The van der Waals surface area contributed by atoms with E-state index in [1.54, 1.807) is 6.20 Å². The minimum absolute atomic E-state index is 0.0258. The predicted octanol–water partition coefficient (Wildman–Crippen LogP) is 3.15. The van der Waals surface area contributed by atoms with E-state index in [-0.39, 0.29) is 6.04 Å². The Morgan fingerprint density at radius 1 is 1.39 bits per heavy atom. The second-order valence-corrected chi connectivity index (χ2v) is 5.10. The average molecular weight is 243 g/mol. The Bertz CT molecular complexity index is 490. The molecule has 1 unspecified atom stereocenters. The molecule has 2 heteroatoms. The number of hydrogen-bond acceptors (Lipinski definition) is 2. The van der Waals surface area contributed by atoms with E-state index >= 15 is 0 Å². The zero-order chi connectivity index (χ0) is 13.3. The van der Waals surface area contributed by atoms with E-state index in [0.717, 1.165) is 13.0 Å². The van der Waals surface area contributed by atoms with Gasteiger partial charge in [0.15, 0.2) is 5.78 Å². The molecule has 2 nitrogen and oxygen atoms in total. The predicted molar refractivity (Wildman–Crippen MR) is 74.4 cm³/mol. The highest BCUT2D eigenvalue weighted by molar-refractivity contribution is 5.84. The van der Waals surface area contributed by atoms with Gasteiger partial charge in [0.1, 0.15) is 0 Å². The second kappa shape index (κ2) is 4.97. The highest BCUT2D eigenvalue weighted by atomic mass is 16.1. The maximum atomic E-state index is 12.0. The van der Waals surface area contributed by atoms with Gasteiger partial charge in [0.25, 0.3) is 0 Å². The summed E-state index contributed by atoms with van der Waals surface area (Å²) in [7, 11) is 0. The van der Waals surface area contributed by atoms with Crippen LogP contribution in [-0.2, 0) is 17.8 Å². The van der Waals surface area contributed by atoms with Crippen molar-refractivity contribution in [3.63, 3.8) is 0 Å². The van der Waals surface area contributed by atoms with E-state index in [0.29, 0.717) is 12.2 Å². The van der Waals surface area contributed by atoms with Gasteiger partial charge in [-0.05, 0) is 42.3 Å². The van der Waals surface area contributed by atoms with Gasteiger partial charge >= 0.3 is 0 Å². The summed E-state index contributed by atoms with van der Waals surface area (Å²) < 4.78 is 0. The summed E-state index contributed by atoms with van der Waals surface area (Å²) in [5.41, 5.74) is 5.28. The van der Waals surface area contributed by atoms with Crippen LogP contribution >= 0.6 is 0 Å². The highest BCUT2D eigenvalue weighted by Gasteiger charge is 2.28. The number of nitrogens with zero attached hydrogens (tertiary/aromatic N) is 1. The molecule has 96 valence electrons. The van der Waals surface area contributed by atoms with Crippen molar-refractivity contribution in [1.82, 2.24) is 4.90 Å². The maximum absolute atomic E-state index is 12.0. The molecule has 0 fully saturated rings. The fourth-order valence-electron chi connectivity index (χ4n) is 2.63. The lowest BCUT2D eigenvalue weighted by atomic mass is 9.88. The van der Waals surface area contributed by atoms with Crippen LogP contribution in [0.3, 0.4) is 0 Å². The van der Waals surface area contributed by atoms with Gasteiger partial charge < -0.3 is 4.90 Å². The molecule has 2 rings (SSSR count). The van der Waals surface area contributed by atoms with Crippen LogP contribution in [0.15, 0.2) is 24.9 Å². The summed E-state index contributed by atoms with van der Waals surface area (Å²) >= 11 is 0. The van der Waals surface area contributed by atoms with Crippen molar-refractivity contribution in [1.29, 1.82) is 0 Å². The van der Waals surface area contributed by atoms with Gasteiger partial charge in [0, 0.05) is 19.4 Å². The lowest BCUT2D eigenvalue weighted by Gasteiger charge is -2.35. The first-order valence-electron chi connectivity index (χ1n) is 6.56. The van der Waals surface area contributed by atoms with Crippen molar-refractivity contribution < 1.29 is 4.79 Å². The summed E-state index contributed by atoms with van der Waals surface area (Å²) in [6.07, 6.45) is 3.21. The van der Waals surface area contributed by atoms with Crippen LogP contribution in [0.25, 0.3) is 0 Å². The van der Waals surface area contributed by atoms with E-state index < -0.39 is 0 Å². The molecule has 1 aliphatic rings. The smallest absolute Gasteiger partial charge is 0.155 e. The van der Waals surface area contributed by atoms with Crippen LogP contribution in [0.5, 0.6) is 0 Å². The maximum Gasteiger partial charge on any atom is 0.155 e. The van der Waals surface area contributed by atoms with Crippen LogP contribution in [0.1, 0.15) is 35.6 Å². The molecule has 0 spiro atoms. The summed E-state index contributed by atoms with van der Waals surface area (Å²) in [5, 5.41) is 0. The Morgan fingerprint density at radius 3 is 2.56 bits per heavy atom. The molecule has 0 aromatic heterocycles. The Balaban J connectivity index is 2.38. The SMILES string of the molecule is C=CN1Cc2cc(C)c(C)cc2CC1C(=O)CC. The topological polar surface area (TPSA) is 20.3 Å². The van der Waals surface area contributed by atoms with Crippen molar-refractivity contribution in [2.45, 2.75) is 46.2 Å². The molecule has 0 bridgehead atoms. The Labute approximate surface area is 109 Å². The molecule has 18 heavy (non-hydrogen) atoms. The van der Waals surface area contributed by atoms with Crippen molar-refractivity contribution >= 4 is 5.78 Å². The largest absolute Gasteiger partial charge is 0.363 e. The summed E-state index contributed by atoms with van der Waals surface area (Å²) in [6, 6.07) is 4.46. The van der Waals surface area contributed by atoms with E-state index in [4.69, 9.17) is 0 Å². The number of carbonyl (C=O) groups is 1. The molecule has 0 radical (unpaired) electrons. The number of aryl methyl sites for hydroxylation is 2. The molecule has 0 N–H and O–H groups in total. The van der Waals surface area contributed by atoms with E-state index in [1.807, 2.05) is 6.92 Å². The molecule has 0 aliphatic carbocycles. The normalized spacial score (nSPS) is 18.4. The number of carbonyl (C=O) groups excluding carboxylic acids is 1. The van der Waals surface area contributed by atoms with Crippen molar-refractivity contribution in [3.05, 3.63) is 47.2 Å². The van der Waals surface area contributed by atoms with Crippen LogP contribution < -0.4 is 0 Å². The molecule has 0 amide bonds. The van der Waals surface area contributed by atoms with Gasteiger partial charge in [0.05, 0.1) is 6.04 Å². The van der Waals surface area contributed by atoms with E-state index in [9.17, 15) is 4.79 Å². The van der Waals surface area contributed by atoms with E-state index in [1.165, 1.54) is 22.3 Å². The van der Waals surface area contributed by atoms with Gasteiger partial charge in [-0.1, -0.05) is 25.6 Å². The van der Waals surface area contributed by atoms with Gasteiger partial charge in [-0.3, -0.25) is 4.79 Å². The standard InChI is InChI=1S/C16H21NO/c1-5-16(18)15-9-13-7-11(3)12(4)8-14(13)10-17(15)6-2/h6-8,15H,2,5,9-10H2,1,3-4H3. The lowest BCUT2D eigenvalue weighted by Crippen LogP contribution is -2.42. The summed E-state index contributed by atoms with van der Waals surface area (Å²) in [5.74, 6) is 0.304. The first-order chi connectivity index (χ1) is 8.56. The molecule has 1 aromatic rings. The highest BCUT2D eigenvalue weighted by Crippen LogP contribution is 2.27. The average Bonchev–Trinajstić information content (AvgIpc) is 2.38. The fraction of sp³-hybridized carbons (Fsp3) is 0.438. The number of hydrogen-bond donors (Lipinski definition) is 0. The van der Waals surface area contributed by atoms with Crippen LogP contribution in [0.4, 0.5) is 0 Å². The summed E-state index contributed by atoms with van der Waals surface area (Å²) in [4.78, 5) is 14.1. The third-order valence-corrected chi connectivity index (χ3v) is 3.94. The monoisotopic (exact) mass is 243 g/mol. The number of benzene rings is 1. The zero-order valence-corrected chi connectivity index (χ0v) is 11.5.